The first-order chi connectivity index (χ1) is 20.0. The number of likely N-dealkylation sites (tertiary alicyclic amines) is 1. The zero-order valence-electron chi connectivity index (χ0n) is 23.3. The van der Waals surface area contributed by atoms with Gasteiger partial charge in [0.05, 0.1) is 11.7 Å². The third-order valence-electron chi connectivity index (χ3n) is 7.98. The van der Waals surface area contributed by atoms with Gasteiger partial charge in [-0.25, -0.2) is 4.39 Å². The van der Waals surface area contributed by atoms with Crippen molar-refractivity contribution in [2.45, 2.75) is 51.0 Å². The van der Waals surface area contributed by atoms with Crippen LogP contribution in [-0.4, -0.2) is 61.4 Å². The Hall–Kier alpha value is -3.82. The van der Waals surface area contributed by atoms with Gasteiger partial charge in [0.25, 0.3) is 0 Å². The second-order valence-corrected chi connectivity index (χ2v) is 11.0. The number of hydrogen-bond donors (Lipinski definition) is 3. The van der Waals surface area contributed by atoms with Crippen molar-refractivity contribution in [3.05, 3.63) is 71.5 Å². The van der Waals surface area contributed by atoms with Crippen molar-refractivity contribution < 1.29 is 23.7 Å². The van der Waals surface area contributed by atoms with Crippen molar-refractivity contribution in [3.8, 4) is 17.2 Å². The predicted octanol–water partition coefficient (Wildman–Crippen LogP) is 6.21. The molecule has 0 aliphatic carbocycles. The van der Waals surface area contributed by atoms with Crippen molar-refractivity contribution in [1.29, 1.82) is 5.41 Å². The lowest BCUT2D eigenvalue weighted by molar-refractivity contribution is 0.0179. The third-order valence-corrected chi connectivity index (χ3v) is 7.98. The molecule has 8 nitrogen and oxygen atoms in total. The molecule has 3 aliphatic heterocycles. The van der Waals surface area contributed by atoms with Crippen LogP contribution in [0, 0.1) is 11.2 Å². The van der Waals surface area contributed by atoms with E-state index >= 15 is 4.39 Å². The standard InChI is InChI=1S/C32H37FN4O4/c1-2-12-36-18-25(19-36)41-30-11-8-23(15-26(30)33)37-28-14-22(17-34)27(35-32-5-3-4-13-39-32)16-31(28)40-20-29(37)21-6-9-24(38)10-7-21/h6-11,14-17,25,29,32,34-35,38H,2-5,12-13,18-20H2,1H3/t29-,32?/m0/s1. The van der Waals surface area contributed by atoms with Crippen LogP contribution in [0.4, 0.5) is 21.5 Å². The van der Waals surface area contributed by atoms with Crippen molar-refractivity contribution in [1.82, 2.24) is 4.90 Å². The van der Waals surface area contributed by atoms with E-state index in [4.69, 9.17) is 19.6 Å². The zero-order chi connectivity index (χ0) is 28.3. The van der Waals surface area contributed by atoms with Crippen LogP contribution in [0.1, 0.15) is 49.8 Å². The van der Waals surface area contributed by atoms with Gasteiger partial charge < -0.3 is 34.9 Å². The van der Waals surface area contributed by atoms with E-state index in [2.05, 4.69) is 17.1 Å². The molecule has 3 aliphatic rings. The molecule has 0 aromatic heterocycles. The van der Waals surface area contributed by atoms with Gasteiger partial charge in [-0.15, -0.1) is 0 Å². The number of nitrogens with one attached hydrogen (secondary N) is 2. The number of nitrogens with zero attached hydrogens (tertiary/aromatic N) is 2. The molecule has 2 saturated heterocycles. The van der Waals surface area contributed by atoms with Gasteiger partial charge in [0.1, 0.15) is 30.4 Å². The number of anilines is 3. The maximum absolute atomic E-state index is 15.5. The lowest BCUT2D eigenvalue weighted by Gasteiger charge is -2.40. The highest BCUT2D eigenvalue weighted by atomic mass is 19.1. The van der Waals surface area contributed by atoms with E-state index in [0.29, 0.717) is 30.2 Å². The smallest absolute Gasteiger partial charge is 0.167 e. The lowest BCUT2D eigenvalue weighted by atomic mass is 10.00. The predicted molar refractivity (Wildman–Crippen MR) is 158 cm³/mol. The van der Waals surface area contributed by atoms with Gasteiger partial charge in [0.2, 0.25) is 0 Å². The molecule has 0 amide bonds. The molecule has 3 N–H and O–H groups in total. The first-order valence-corrected chi connectivity index (χ1v) is 14.5. The Kier molecular flexibility index (Phi) is 7.98. The summed E-state index contributed by atoms with van der Waals surface area (Å²) in [5.74, 6) is 0.631. The van der Waals surface area contributed by atoms with Gasteiger partial charge in [-0.2, -0.15) is 0 Å². The minimum Gasteiger partial charge on any atom is -0.508 e. The molecule has 41 heavy (non-hydrogen) atoms. The van der Waals surface area contributed by atoms with E-state index in [1.807, 2.05) is 35.2 Å². The molecule has 216 valence electrons. The van der Waals surface area contributed by atoms with Crippen LogP contribution in [-0.2, 0) is 4.74 Å². The maximum atomic E-state index is 15.5. The average Bonchev–Trinajstić information content (AvgIpc) is 2.97. The number of aromatic hydroxyl groups is 1. The Morgan fingerprint density at radius 1 is 1.12 bits per heavy atom. The summed E-state index contributed by atoms with van der Waals surface area (Å²) in [5, 5.41) is 21.5. The van der Waals surface area contributed by atoms with Gasteiger partial charge in [0, 0.05) is 55.0 Å². The van der Waals surface area contributed by atoms with E-state index in [1.165, 1.54) is 12.3 Å². The van der Waals surface area contributed by atoms with Crippen LogP contribution in [0.15, 0.2) is 54.6 Å². The van der Waals surface area contributed by atoms with Crippen molar-refractivity contribution >= 4 is 23.3 Å². The van der Waals surface area contributed by atoms with E-state index in [9.17, 15) is 5.11 Å². The Morgan fingerprint density at radius 3 is 2.66 bits per heavy atom. The van der Waals surface area contributed by atoms with Crippen LogP contribution in [0.2, 0.25) is 0 Å². The number of halogens is 1. The molecule has 0 radical (unpaired) electrons. The summed E-state index contributed by atoms with van der Waals surface area (Å²) in [4.78, 5) is 4.34. The molecule has 0 spiro atoms. The fourth-order valence-electron chi connectivity index (χ4n) is 5.84. The Labute approximate surface area is 240 Å². The largest absolute Gasteiger partial charge is 0.508 e. The number of benzene rings is 3. The molecule has 3 aromatic carbocycles. The van der Waals surface area contributed by atoms with Crippen LogP contribution in [0.5, 0.6) is 17.2 Å². The van der Waals surface area contributed by atoms with Crippen LogP contribution in [0.3, 0.4) is 0 Å². The quantitative estimate of drug-likeness (QED) is 0.268. The SMILES string of the molecule is CCCN1CC(Oc2ccc(N3c4cc(C=N)c(NC5CCCCO5)cc4OC[C@H]3c3ccc(O)cc3)cc2F)C1. The topological polar surface area (TPSA) is 90.3 Å². The Bertz CT molecular complexity index is 1370. The van der Waals surface area contributed by atoms with Gasteiger partial charge in [-0.1, -0.05) is 19.1 Å². The normalized spacial score (nSPS) is 21.0. The van der Waals surface area contributed by atoms with Crippen LogP contribution >= 0.6 is 0 Å². The lowest BCUT2D eigenvalue weighted by Crippen LogP contribution is -2.53. The Balaban J connectivity index is 1.33. The van der Waals surface area contributed by atoms with Crippen LogP contribution < -0.4 is 19.7 Å². The first kappa shape index (κ1) is 27.4. The molecular weight excluding hydrogens is 523 g/mol. The fraction of sp³-hybridized carbons (Fsp3) is 0.406. The van der Waals surface area contributed by atoms with Crippen molar-refractivity contribution in [2.75, 3.05) is 43.1 Å². The summed E-state index contributed by atoms with van der Waals surface area (Å²) in [6, 6.07) is 15.6. The highest BCUT2D eigenvalue weighted by Crippen LogP contribution is 2.47. The molecule has 9 heteroatoms. The second-order valence-electron chi connectivity index (χ2n) is 11.0. The number of phenols is 1. The minimum atomic E-state index is -0.422. The molecule has 0 bridgehead atoms. The van der Waals surface area contributed by atoms with Gasteiger partial charge in [0.15, 0.2) is 11.6 Å². The van der Waals surface area contributed by atoms with Gasteiger partial charge >= 0.3 is 0 Å². The number of fused-ring (bicyclic) bond motifs is 1. The summed E-state index contributed by atoms with van der Waals surface area (Å²) in [5.41, 5.74) is 3.73. The highest BCUT2D eigenvalue weighted by molar-refractivity contribution is 5.91. The summed E-state index contributed by atoms with van der Waals surface area (Å²) >= 11 is 0. The van der Waals surface area contributed by atoms with Gasteiger partial charge in [-0.3, -0.25) is 4.90 Å². The molecule has 1 unspecified atom stereocenters. The van der Waals surface area contributed by atoms with E-state index < -0.39 is 5.82 Å². The monoisotopic (exact) mass is 560 g/mol. The minimum absolute atomic E-state index is 0.00929. The number of rotatable bonds is 9. The highest BCUT2D eigenvalue weighted by Gasteiger charge is 2.33. The molecular formula is C32H37FN4O4. The number of ether oxygens (including phenoxy) is 3. The van der Waals surface area contributed by atoms with E-state index in [-0.39, 0.29) is 29.9 Å². The van der Waals surface area contributed by atoms with E-state index in [0.717, 1.165) is 62.3 Å². The number of phenolic OH excluding ortho intramolecular Hbond substituents is 1. The molecule has 0 saturated carbocycles. The zero-order valence-corrected chi connectivity index (χ0v) is 23.3. The summed E-state index contributed by atoms with van der Waals surface area (Å²) in [6.45, 7) is 5.82. The Morgan fingerprint density at radius 2 is 1.95 bits per heavy atom. The maximum Gasteiger partial charge on any atom is 0.167 e. The van der Waals surface area contributed by atoms with Crippen molar-refractivity contribution in [3.63, 3.8) is 0 Å². The molecule has 3 heterocycles. The molecule has 6 rings (SSSR count). The fourth-order valence-corrected chi connectivity index (χ4v) is 5.84. The van der Waals surface area contributed by atoms with Crippen molar-refractivity contribution in [2.24, 2.45) is 0 Å². The van der Waals surface area contributed by atoms with Gasteiger partial charge in [-0.05, 0) is 68.1 Å². The summed E-state index contributed by atoms with van der Waals surface area (Å²) in [6.07, 6.45) is 5.31. The van der Waals surface area contributed by atoms with E-state index in [1.54, 1.807) is 18.2 Å². The first-order valence-electron chi connectivity index (χ1n) is 14.5. The molecule has 3 aromatic rings. The third kappa shape index (κ3) is 5.83. The number of hydrogen-bond acceptors (Lipinski definition) is 8. The molecule has 2 atom stereocenters. The summed E-state index contributed by atoms with van der Waals surface area (Å²) < 4.78 is 33.6. The summed E-state index contributed by atoms with van der Waals surface area (Å²) in [7, 11) is 0. The second kappa shape index (κ2) is 12.0. The average molecular weight is 561 g/mol. The van der Waals surface area contributed by atoms with Crippen LogP contribution in [0.25, 0.3) is 0 Å². The molecule has 2 fully saturated rings.